The second-order valence-corrected chi connectivity index (χ2v) is 9.43. The molecule has 0 unspecified atom stereocenters. The maximum atomic E-state index is 12.4. The summed E-state index contributed by atoms with van der Waals surface area (Å²) in [5, 5.41) is 0. The minimum atomic E-state index is -3.61. The molecule has 1 atom stereocenters. The standard InChI is InChI=1S/C13H19N3O4S2.ClH/c14-10-7-8-16(9-10)22(19,20)13-5-3-12(4-6-13)21(17,18)15-11-1-2-11;/h3-6,10-11,15H,1-2,7-9,14H2;1H/t10-;/m1./s1. The van der Waals surface area contributed by atoms with Crippen molar-refractivity contribution in [3.05, 3.63) is 24.3 Å². The lowest BCUT2D eigenvalue weighted by atomic mass is 10.3. The SMILES string of the molecule is Cl.N[C@@H]1CCN(S(=O)(=O)c2ccc(S(=O)(=O)NC3CC3)cc2)C1. The Morgan fingerprint density at radius 3 is 2.04 bits per heavy atom. The van der Waals surface area contributed by atoms with E-state index in [4.69, 9.17) is 5.73 Å². The third-order valence-electron chi connectivity index (χ3n) is 3.86. The number of nitrogens with two attached hydrogens (primary N) is 1. The Bertz CT molecular complexity index is 761. The monoisotopic (exact) mass is 381 g/mol. The van der Waals surface area contributed by atoms with E-state index in [0.717, 1.165) is 12.8 Å². The van der Waals surface area contributed by atoms with Crippen LogP contribution in [0.1, 0.15) is 19.3 Å². The van der Waals surface area contributed by atoms with Crippen molar-refractivity contribution in [2.24, 2.45) is 5.73 Å². The zero-order chi connectivity index (χ0) is 16.0. The minimum absolute atomic E-state index is 0. The number of benzene rings is 1. The number of rotatable bonds is 5. The average molecular weight is 382 g/mol. The summed E-state index contributed by atoms with van der Waals surface area (Å²) in [4.78, 5) is 0.170. The van der Waals surface area contributed by atoms with E-state index in [1.807, 2.05) is 0 Å². The summed E-state index contributed by atoms with van der Waals surface area (Å²) in [6, 6.07) is 5.19. The van der Waals surface area contributed by atoms with E-state index in [1.54, 1.807) is 0 Å². The molecular weight excluding hydrogens is 362 g/mol. The molecule has 1 saturated carbocycles. The van der Waals surface area contributed by atoms with Gasteiger partial charge in [0.05, 0.1) is 9.79 Å². The van der Waals surface area contributed by atoms with E-state index < -0.39 is 20.0 Å². The van der Waals surface area contributed by atoms with Gasteiger partial charge in [0, 0.05) is 25.2 Å². The van der Waals surface area contributed by atoms with Gasteiger partial charge in [0.25, 0.3) is 0 Å². The Balaban J connectivity index is 0.00000192. The highest BCUT2D eigenvalue weighted by Gasteiger charge is 2.32. The Labute approximate surface area is 142 Å². The summed E-state index contributed by atoms with van der Waals surface area (Å²) in [6.07, 6.45) is 2.33. The van der Waals surface area contributed by atoms with Crippen molar-refractivity contribution < 1.29 is 16.8 Å². The van der Waals surface area contributed by atoms with Gasteiger partial charge >= 0.3 is 0 Å². The predicted molar refractivity (Wildman–Crippen MR) is 88.4 cm³/mol. The van der Waals surface area contributed by atoms with Crippen molar-refractivity contribution in [1.82, 2.24) is 9.03 Å². The fraction of sp³-hybridized carbons (Fsp3) is 0.538. The molecule has 0 bridgehead atoms. The van der Waals surface area contributed by atoms with Crippen molar-refractivity contribution in [2.45, 2.75) is 41.1 Å². The number of halogens is 1. The largest absolute Gasteiger partial charge is 0.326 e. The van der Waals surface area contributed by atoms with Gasteiger partial charge in [-0.15, -0.1) is 12.4 Å². The van der Waals surface area contributed by atoms with Gasteiger partial charge in [0.1, 0.15) is 0 Å². The van der Waals surface area contributed by atoms with Crippen LogP contribution in [0.15, 0.2) is 34.1 Å². The number of nitrogens with zero attached hydrogens (tertiary/aromatic N) is 1. The maximum Gasteiger partial charge on any atom is 0.243 e. The third kappa shape index (κ3) is 4.04. The first-order valence-corrected chi connectivity index (χ1v) is 10.1. The molecule has 1 saturated heterocycles. The Morgan fingerprint density at radius 2 is 1.57 bits per heavy atom. The lowest BCUT2D eigenvalue weighted by molar-refractivity contribution is 0.472. The quantitative estimate of drug-likeness (QED) is 0.760. The molecule has 10 heteroatoms. The van der Waals surface area contributed by atoms with E-state index in [2.05, 4.69) is 4.72 Å². The maximum absolute atomic E-state index is 12.4. The molecule has 7 nitrogen and oxygen atoms in total. The molecule has 0 amide bonds. The number of hydrogen-bond acceptors (Lipinski definition) is 5. The van der Waals surface area contributed by atoms with Gasteiger partial charge in [0.2, 0.25) is 20.0 Å². The van der Waals surface area contributed by atoms with Crippen LogP contribution >= 0.6 is 12.4 Å². The first-order valence-electron chi connectivity index (χ1n) is 7.17. The summed E-state index contributed by atoms with van der Waals surface area (Å²) in [6.45, 7) is 0.693. The highest BCUT2D eigenvalue weighted by atomic mass is 35.5. The molecule has 0 aromatic heterocycles. The first-order chi connectivity index (χ1) is 10.3. The fourth-order valence-electron chi connectivity index (χ4n) is 2.40. The van der Waals surface area contributed by atoms with Gasteiger partial charge in [-0.2, -0.15) is 4.31 Å². The lowest BCUT2D eigenvalue weighted by Crippen LogP contribution is -2.32. The highest BCUT2D eigenvalue weighted by molar-refractivity contribution is 7.89. The van der Waals surface area contributed by atoms with Crippen LogP contribution in [0, 0.1) is 0 Å². The molecule has 1 aliphatic heterocycles. The molecule has 2 fully saturated rings. The fourth-order valence-corrected chi connectivity index (χ4v) is 5.22. The van der Waals surface area contributed by atoms with E-state index in [-0.39, 0.29) is 34.3 Å². The third-order valence-corrected chi connectivity index (χ3v) is 7.27. The normalized spacial score (nSPS) is 22.7. The van der Waals surface area contributed by atoms with Crippen LogP contribution in [-0.2, 0) is 20.0 Å². The van der Waals surface area contributed by atoms with E-state index in [1.165, 1.54) is 28.6 Å². The van der Waals surface area contributed by atoms with Gasteiger partial charge in [-0.1, -0.05) is 0 Å². The van der Waals surface area contributed by atoms with Gasteiger partial charge in [-0.05, 0) is 43.5 Å². The number of nitrogens with one attached hydrogen (secondary N) is 1. The van der Waals surface area contributed by atoms with E-state index in [9.17, 15) is 16.8 Å². The molecule has 1 heterocycles. The molecule has 23 heavy (non-hydrogen) atoms. The van der Waals surface area contributed by atoms with Crippen LogP contribution in [0.3, 0.4) is 0 Å². The summed E-state index contributed by atoms with van der Waals surface area (Å²) in [7, 11) is -7.17. The molecule has 2 aliphatic rings. The summed E-state index contributed by atoms with van der Waals surface area (Å²) in [5.74, 6) is 0. The lowest BCUT2D eigenvalue weighted by Gasteiger charge is -2.16. The van der Waals surface area contributed by atoms with Crippen LogP contribution in [0.4, 0.5) is 0 Å². The summed E-state index contributed by atoms with van der Waals surface area (Å²) in [5.41, 5.74) is 5.74. The van der Waals surface area contributed by atoms with Crippen LogP contribution < -0.4 is 10.5 Å². The summed E-state index contributed by atoms with van der Waals surface area (Å²) < 4.78 is 52.9. The molecule has 130 valence electrons. The molecule has 3 rings (SSSR count). The molecule has 1 aromatic rings. The molecular formula is C13H20ClN3O4S2. The Hall–Kier alpha value is -0.710. The topological polar surface area (TPSA) is 110 Å². The second-order valence-electron chi connectivity index (χ2n) is 5.78. The molecule has 1 aliphatic carbocycles. The van der Waals surface area contributed by atoms with Crippen molar-refractivity contribution in [3.8, 4) is 0 Å². The number of hydrogen-bond donors (Lipinski definition) is 2. The zero-order valence-corrected chi connectivity index (χ0v) is 14.8. The van der Waals surface area contributed by atoms with Gasteiger partial charge in [-0.25, -0.2) is 21.6 Å². The van der Waals surface area contributed by atoms with Crippen molar-refractivity contribution >= 4 is 32.5 Å². The minimum Gasteiger partial charge on any atom is -0.326 e. The van der Waals surface area contributed by atoms with Gasteiger partial charge in [0.15, 0.2) is 0 Å². The molecule has 3 N–H and O–H groups in total. The predicted octanol–water partition coefficient (Wildman–Crippen LogP) is 0.271. The van der Waals surface area contributed by atoms with Crippen molar-refractivity contribution in [2.75, 3.05) is 13.1 Å². The van der Waals surface area contributed by atoms with Crippen molar-refractivity contribution in [3.63, 3.8) is 0 Å². The first kappa shape index (κ1) is 18.6. The molecule has 0 spiro atoms. The van der Waals surface area contributed by atoms with E-state index >= 15 is 0 Å². The molecule has 0 radical (unpaired) electrons. The van der Waals surface area contributed by atoms with Gasteiger partial charge < -0.3 is 5.73 Å². The highest BCUT2D eigenvalue weighted by Crippen LogP contribution is 2.24. The molecule has 1 aromatic carbocycles. The van der Waals surface area contributed by atoms with Crippen LogP contribution in [0.2, 0.25) is 0 Å². The van der Waals surface area contributed by atoms with E-state index in [0.29, 0.717) is 19.5 Å². The Kier molecular flexibility index (Phi) is 5.39. The van der Waals surface area contributed by atoms with Crippen LogP contribution in [-0.4, -0.2) is 46.3 Å². The van der Waals surface area contributed by atoms with Crippen molar-refractivity contribution in [1.29, 1.82) is 0 Å². The number of sulfonamides is 2. The smallest absolute Gasteiger partial charge is 0.243 e. The van der Waals surface area contributed by atoms with Gasteiger partial charge in [-0.3, -0.25) is 0 Å². The van der Waals surface area contributed by atoms with Crippen LogP contribution in [0.5, 0.6) is 0 Å². The van der Waals surface area contributed by atoms with Crippen LogP contribution in [0.25, 0.3) is 0 Å². The summed E-state index contributed by atoms with van der Waals surface area (Å²) >= 11 is 0. The zero-order valence-electron chi connectivity index (χ0n) is 12.4. The average Bonchev–Trinajstić information content (AvgIpc) is 3.15. The second kappa shape index (κ2) is 6.66. The Morgan fingerprint density at radius 1 is 1.00 bits per heavy atom.